The summed E-state index contributed by atoms with van der Waals surface area (Å²) >= 11 is 0. The standard InChI is InChI=1S/C15H26N2O4/c1-4-5-8-17(11-6-7-11)14(21)16-12(18)9-15(2,3)10-13(19)20/h11H,4-10H2,1-3H3,(H,19,20)(H,16,18,21). The van der Waals surface area contributed by atoms with Crippen LogP contribution in [0.1, 0.15) is 59.3 Å². The summed E-state index contributed by atoms with van der Waals surface area (Å²) in [5.74, 6) is -1.35. The van der Waals surface area contributed by atoms with Crippen molar-refractivity contribution >= 4 is 17.9 Å². The Morgan fingerprint density at radius 3 is 2.33 bits per heavy atom. The van der Waals surface area contributed by atoms with Crippen LogP contribution in [0.15, 0.2) is 0 Å². The van der Waals surface area contributed by atoms with Crippen molar-refractivity contribution in [1.29, 1.82) is 0 Å². The molecule has 1 rings (SSSR count). The van der Waals surface area contributed by atoms with Gasteiger partial charge in [-0.3, -0.25) is 14.9 Å². The molecule has 0 radical (unpaired) electrons. The zero-order valence-corrected chi connectivity index (χ0v) is 13.1. The highest BCUT2D eigenvalue weighted by Gasteiger charge is 2.33. The molecular formula is C15H26N2O4. The molecule has 0 aliphatic heterocycles. The van der Waals surface area contributed by atoms with Gasteiger partial charge < -0.3 is 10.0 Å². The van der Waals surface area contributed by atoms with Crippen molar-refractivity contribution in [2.45, 2.75) is 65.3 Å². The lowest BCUT2D eigenvalue weighted by Gasteiger charge is -2.24. The number of amides is 3. The third-order valence-corrected chi connectivity index (χ3v) is 3.52. The molecule has 1 aliphatic carbocycles. The SMILES string of the molecule is CCCCN(C(=O)NC(=O)CC(C)(C)CC(=O)O)C1CC1. The van der Waals surface area contributed by atoms with Gasteiger partial charge in [-0.1, -0.05) is 27.2 Å². The minimum atomic E-state index is -0.943. The van der Waals surface area contributed by atoms with Gasteiger partial charge in [-0.2, -0.15) is 0 Å². The maximum atomic E-state index is 12.1. The van der Waals surface area contributed by atoms with Crippen LogP contribution in [0.4, 0.5) is 4.79 Å². The fraction of sp³-hybridized carbons (Fsp3) is 0.800. The van der Waals surface area contributed by atoms with Gasteiger partial charge in [0.05, 0.1) is 6.42 Å². The number of nitrogens with one attached hydrogen (secondary N) is 1. The van der Waals surface area contributed by atoms with E-state index >= 15 is 0 Å². The number of carbonyl (C=O) groups is 3. The van der Waals surface area contributed by atoms with Crippen LogP contribution < -0.4 is 5.32 Å². The number of rotatable bonds is 8. The summed E-state index contributed by atoms with van der Waals surface area (Å²) in [5, 5.41) is 11.2. The molecule has 0 saturated heterocycles. The van der Waals surface area contributed by atoms with Crippen molar-refractivity contribution in [2.75, 3.05) is 6.54 Å². The molecule has 120 valence electrons. The lowest BCUT2D eigenvalue weighted by molar-refractivity contribution is -0.139. The van der Waals surface area contributed by atoms with Crippen LogP contribution in [-0.4, -0.2) is 40.5 Å². The van der Waals surface area contributed by atoms with E-state index in [-0.39, 0.29) is 24.9 Å². The van der Waals surface area contributed by atoms with E-state index in [0.717, 1.165) is 25.7 Å². The van der Waals surface area contributed by atoms with E-state index < -0.39 is 17.3 Å². The number of imide groups is 1. The molecule has 0 aromatic rings. The van der Waals surface area contributed by atoms with Gasteiger partial charge in [0.15, 0.2) is 0 Å². The number of nitrogens with zero attached hydrogens (tertiary/aromatic N) is 1. The second-order valence-corrected chi connectivity index (χ2v) is 6.54. The Hall–Kier alpha value is -1.59. The Balaban J connectivity index is 2.48. The number of unbranched alkanes of at least 4 members (excludes halogenated alkanes) is 1. The molecule has 0 spiro atoms. The van der Waals surface area contributed by atoms with E-state index in [2.05, 4.69) is 12.2 Å². The Bertz CT molecular complexity index is 402. The number of carboxylic acid groups (broad SMARTS) is 1. The van der Waals surface area contributed by atoms with E-state index in [1.54, 1.807) is 18.7 Å². The predicted molar refractivity (Wildman–Crippen MR) is 78.8 cm³/mol. The van der Waals surface area contributed by atoms with Crippen LogP contribution in [0.2, 0.25) is 0 Å². The first-order valence-corrected chi connectivity index (χ1v) is 7.57. The first-order chi connectivity index (χ1) is 9.75. The molecule has 0 aromatic carbocycles. The molecule has 0 bridgehead atoms. The van der Waals surface area contributed by atoms with Crippen molar-refractivity contribution in [2.24, 2.45) is 5.41 Å². The van der Waals surface area contributed by atoms with Crippen molar-refractivity contribution < 1.29 is 19.5 Å². The van der Waals surface area contributed by atoms with E-state index in [9.17, 15) is 14.4 Å². The molecule has 21 heavy (non-hydrogen) atoms. The zero-order valence-electron chi connectivity index (χ0n) is 13.1. The monoisotopic (exact) mass is 298 g/mol. The van der Waals surface area contributed by atoms with Gasteiger partial charge >= 0.3 is 12.0 Å². The van der Waals surface area contributed by atoms with Crippen molar-refractivity contribution in [3.05, 3.63) is 0 Å². The average molecular weight is 298 g/mol. The summed E-state index contributed by atoms with van der Waals surface area (Å²) < 4.78 is 0. The number of carboxylic acids is 1. The lowest BCUT2D eigenvalue weighted by Crippen LogP contribution is -2.45. The number of hydrogen-bond donors (Lipinski definition) is 2. The fourth-order valence-electron chi connectivity index (χ4n) is 2.31. The molecule has 0 aromatic heterocycles. The van der Waals surface area contributed by atoms with E-state index in [0.29, 0.717) is 6.54 Å². The van der Waals surface area contributed by atoms with Crippen molar-refractivity contribution in [3.8, 4) is 0 Å². The van der Waals surface area contributed by atoms with Gasteiger partial charge in [0.2, 0.25) is 5.91 Å². The van der Waals surface area contributed by atoms with Gasteiger partial charge in [0.25, 0.3) is 0 Å². The van der Waals surface area contributed by atoms with E-state index in [1.165, 1.54) is 0 Å². The van der Waals surface area contributed by atoms with Crippen molar-refractivity contribution in [1.82, 2.24) is 10.2 Å². The maximum Gasteiger partial charge on any atom is 0.324 e. The molecule has 3 amide bonds. The minimum absolute atomic E-state index is 0.0251. The van der Waals surface area contributed by atoms with Crippen LogP contribution in [0.5, 0.6) is 0 Å². The molecule has 0 atom stereocenters. The Morgan fingerprint density at radius 2 is 1.86 bits per heavy atom. The van der Waals surface area contributed by atoms with Crippen LogP contribution in [0.25, 0.3) is 0 Å². The number of urea groups is 1. The van der Waals surface area contributed by atoms with Gasteiger partial charge in [0.1, 0.15) is 0 Å². The minimum Gasteiger partial charge on any atom is -0.481 e. The number of hydrogen-bond acceptors (Lipinski definition) is 3. The lowest BCUT2D eigenvalue weighted by atomic mass is 9.85. The molecule has 2 N–H and O–H groups in total. The molecule has 0 unspecified atom stereocenters. The molecule has 6 heteroatoms. The number of aliphatic carboxylic acids is 1. The smallest absolute Gasteiger partial charge is 0.324 e. The van der Waals surface area contributed by atoms with Gasteiger partial charge in [-0.15, -0.1) is 0 Å². The zero-order chi connectivity index (χ0) is 16.0. The van der Waals surface area contributed by atoms with Gasteiger partial charge in [-0.25, -0.2) is 4.79 Å². The van der Waals surface area contributed by atoms with Gasteiger partial charge in [0, 0.05) is 19.0 Å². The van der Waals surface area contributed by atoms with Crippen molar-refractivity contribution in [3.63, 3.8) is 0 Å². The molecular weight excluding hydrogens is 272 g/mol. The Labute approximate surface area is 125 Å². The average Bonchev–Trinajstić information content (AvgIpc) is 3.10. The topological polar surface area (TPSA) is 86.7 Å². The van der Waals surface area contributed by atoms with Crippen LogP contribution >= 0.6 is 0 Å². The first kappa shape index (κ1) is 17.5. The number of carbonyl (C=O) groups excluding carboxylic acids is 2. The third kappa shape index (κ3) is 6.60. The second-order valence-electron chi connectivity index (χ2n) is 6.54. The summed E-state index contributed by atoms with van der Waals surface area (Å²) in [6, 6.07) is -0.0848. The summed E-state index contributed by atoms with van der Waals surface area (Å²) in [6.45, 7) is 6.14. The first-order valence-electron chi connectivity index (χ1n) is 7.57. The second kappa shape index (κ2) is 7.43. The van der Waals surface area contributed by atoms with Gasteiger partial charge in [-0.05, 0) is 24.7 Å². The van der Waals surface area contributed by atoms with Crippen LogP contribution in [-0.2, 0) is 9.59 Å². The highest BCUT2D eigenvalue weighted by atomic mass is 16.4. The molecule has 1 saturated carbocycles. The summed E-state index contributed by atoms with van der Waals surface area (Å²) in [6.07, 6.45) is 3.83. The summed E-state index contributed by atoms with van der Waals surface area (Å²) in [7, 11) is 0. The highest BCUT2D eigenvalue weighted by Crippen LogP contribution is 2.28. The molecule has 1 fully saturated rings. The third-order valence-electron chi connectivity index (χ3n) is 3.52. The Morgan fingerprint density at radius 1 is 1.24 bits per heavy atom. The maximum absolute atomic E-state index is 12.1. The quantitative estimate of drug-likeness (QED) is 0.720. The predicted octanol–water partition coefficient (Wildman–Crippen LogP) is 2.38. The molecule has 0 heterocycles. The summed E-state index contributed by atoms with van der Waals surface area (Å²) in [5.41, 5.74) is -0.663. The normalized spacial score (nSPS) is 14.6. The molecule has 1 aliphatic rings. The van der Waals surface area contributed by atoms with Crippen LogP contribution in [0, 0.1) is 5.41 Å². The highest BCUT2D eigenvalue weighted by molar-refractivity contribution is 5.95. The Kier molecular flexibility index (Phi) is 6.18. The van der Waals surface area contributed by atoms with E-state index in [1.807, 2.05) is 0 Å². The largest absolute Gasteiger partial charge is 0.481 e. The van der Waals surface area contributed by atoms with E-state index in [4.69, 9.17) is 5.11 Å². The molecule has 6 nitrogen and oxygen atoms in total. The fourth-order valence-corrected chi connectivity index (χ4v) is 2.31. The summed E-state index contributed by atoms with van der Waals surface area (Å²) in [4.78, 5) is 36.5. The van der Waals surface area contributed by atoms with Crippen LogP contribution in [0.3, 0.4) is 0 Å².